The number of carbonyl (C=O) groups excluding carboxylic acids is 1. The molecule has 0 unspecified atom stereocenters. The Morgan fingerprint density at radius 1 is 1.50 bits per heavy atom. The van der Waals surface area contributed by atoms with Crippen LogP contribution in [0.5, 0.6) is 0 Å². The highest BCUT2D eigenvalue weighted by Crippen LogP contribution is 2.22. The van der Waals surface area contributed by atoms with Gasteiger partial charge in [-0.3, -0.25) is 4.79 Å². The van der Waals surface area contributed by atoms with Crippen molar-refractivity contribution < 1.29 is 14.7 Å². The van der Waals surface area contributed by atoms with Crippen LogP contribution in [-0.4, -0.2) is 17.0 Å². The maximum atomic E-state index is 11.2. The first kappa shape index (κ1) is 12.4. The molecule has 82 valence electrons. The average Bonchev–Trinajstić information content (AvgIpc) is 2.21. The van der Waals surface area contributed by atoms with Crippen LogP contribution >= 0.6 is 22.6 Å². The van der Waals surface area contributed by atoms with E-state index >= 15 is 0 Å². The van der Waals surface area contributed by atoms with E-state index in [2.05, 4.69) is 5.32 Å². The highest BCUT2D eigenvalue weighted by atomic mass is 127. The summed E-state index contributed by atoms with van der Waals surface area (Å²) in [5.41, 5.74) is 0.524. The Labute approximate surface area is 105 Å². The minimum atomic E-state index is -1.05. The van der Waals surface area contributed by atoms with Crippen molar-refractivity contribution in [2.45, 2.75) is 6.42 Å². The lowest BCUT2D eigenvalue weighted by atomic mass is 10.2. The molecule has 0 atom stereocenters. The van der Waals surface area contributed by atoms with Crippen LogP contribution in [0.2, 0.25) is 0 Å². The number of carboxylic acids is 1. The van der Waals surface area contributed by atoms with Crippen LogP contribution in [0, 0.1) is 14.9 Å². The zero-order valence-corrected chi connectivity index (χ0v) is 10.2. The third-order valence-electron chi connectivity index (χ3n) is 1.74. The fourth-order valence-electron chi connectivity index (χ4n) is 1.06. The average molecular weight is 330 g/mol. The largest absolute Gasteiger partial charge is 0.478 e. The Bertz CT molecular complexity index is 479. The molecule has 0 aliphatic carbocycles. The van der Waals surface area contributed by atoms with E-state index in [0.29, 0.717) is 9.26 Å². The molecule has 0 radical (unpaired) electrons. The second-order valence-electron chi connectivity index (χ2n) is 2.86. The van der Waals surface area contributed by atoms with Gasteiger partial charge in [0.15, 0.2) is 0 Å². The van der Waals surface area contributed by atoms with E-state index < -0.39 is 11.9 Å². The number of nitriles is 1. The number of hydrogen-bond acceptors (Lipinski definition) is 3. The molecule has 16 heavy (non-hydrogen) atoms. The topological polar surface area (TPSA) is 90.2 Å². The van der Waals surface area contributed by atoms with Crippen molar-refractivity contribution in [3.8, 4) is 6.07 Å². The van der Waals surface area contributed by atoms with Crippen molar-refractivity contribution in [2.24, 2.45) is 0 Å². The van der Waals surface area contributed by atoms with Gasteiger partial charge in [-0.1, -0.05) is 6.07 Å². The molecule has 6 heteroatoms. The highest BCUT2D eigenvalue weighted by molar-refractivity contribution is 14.1. The molecule has 0 fully saturated rings. The minimum Gasteiger partial charge on any atom is -0.478 e. The molecule has 1 aromatic rings. The second kappa shape index (κ2) is 5.46. The molecule has 0 spiro atoms. The number of anilines is 1. The number of carbonyl (C=O) groups is 2. The minimum absolute atomic E-state index is 0.121. The number of nitrogens with one attached hydrogen (secondary N) is 1. The van der Waals surface area contributed by atoms with E-state index in [1.54, 1.807) is 12.1 Å². The Balaban J connectivity index is 2.98. The molecule has 1 amide bonds. The van der Waals surface area contributed by atoms with E-state index in [1.165, 1.54) is 12.1 Å². The number of rotatable bonds is 3. The Morgan fingerprint density at radius 3 is 2.75 bits per heavy atom. The molecule has 0 aromatic heterocycles. The quantitative estimate of drug-likeness (QED) is 0.828. The fourth-order valence-corrected chi connectivity index (χ4v) is 1.79. The van der Waals surface area contributed by atoms with E-state index in [1.807, 2.05) is 22.6 Å². The monoisotopic (exact) mass is 330 g/mol. The van der Waals surface area contributed by atoms with Crippen molar-refractivity contribution in [3.63, 3.8) is 0 Å². The van der Waals surface area contributed by atoms with Gasteiger partial charge < -0.3 is 10.4 Å². The van der Waals surface area contributed by atoms with E-state index in [4.69, 9.17) is 10.4 Å². The van der Waals surface area contributed by atoms with Crippen LogP contribution in [0.3, 0.4) is 0 Å². The SMILES string of the molecule is N#CCC(=O)Nc1cccc(C(=O)O)c1I. The van der Waals surface area contributed by atoms with Gasteiger partial charge in [-0.25, -0.2) is 4.79 Å². The predicted octanol–water partition coefficient (Wildman–Crippen LogP) is 1.84. The van der Waals surface area contributed by atoms with E-state index in [-0.39, 0.29) is 12.0 Å². The maximum Gasteiger partial charge on any atom is 0.336 e. The summed E-state index contributed by atoms with van der Waals surface area (Å²) in [6.45, 7) is 0. The molecule has 1 rings (SSSR count). The first-order chi connectivity index (χ1) is 7.56. The molecule has 0 saturated heterocycles. The third-order valence-corrected chi connectivity index (χ3v) is 2.91. The Morgan fingerprint density at radius 2 is 2.19 bits per heavy atom. The smallest absolute Gasteiger partial charge is 0.336 e. The Kier molecular flexibility index (Phi) is 4.25. The van der Waals surface area contributed by atoms with Gasteiger partial charge >= 0.3 is 5.97 Å². The Hall–Kier alpha value is -1.62. The van der Waals surface area contributed by atoms with Gasteiger partial charge in [0, 0.05) is 0 Å². The number of hydrogen-bond donors (Lipinski definition) is 2. The summed E-state index contributed by atoms with van der Waals surface area (Å²) < 4.78 is 0.443. The second-order valence-corrected chi connectivity index (χ2v) is 3.93. The van der Waals surface area contributed by atoms with Gasteiger partial charge in [0.25, 0.3) is 0 Å². The number of halogens is 1. The van der Waals surface area contributed by atoms with E-state index in [9.17, 15) is 9.59 Å². The molecule has 2 N–H and O–H groups in total. The molecule has 0 saturated carbocycles. The van der Waals surface area contributed by atoms with E-state index in [0.717, 1.165) is 0 Å². The van der Waals surface area contributed by atoms with Gasteiger partial charge in [-0.15, -0.1) is 0 Å². The summed E-state index contributed by atoms with van der Waals surface area (Å²) in [5, 5.41) is 19.7. The number of amides is 1. The molecule has 5 nitrogen and oxygen atoms in total. The van der Waals surface area contributed by atoms with Gasteiger partial charge in [0.1, 0.15) is 6.42 Å². The lowest BCUT2D eigenvalue weighted by Gasteiger charge is -2.07. The molecular formula is C10H7IN2O3. The standard InChI is InChI=1S/C10H7IN2O3/c11-9-6(10(15)16)2-1-3-7(9)13-8(14)4-5-12/h1-3H,4H2,(H,13,14)(H,15,16). The number of aromatic carboxylic acids is 1. The van der Waals surface area contributed by atoms with Gasteiger partial charge in [-0.05, 0) is 34.7 Å². The van der Waals surface area contributed by atoms with Crippen molar-refractivity contribution >= 4 is 40.2 Å². The summed E-state index contributed by atoms with van der Waals surface area (Å²) in [6.07, 6.45) is -0.257. The van der Waals surface area contributed by atoms with Gasteiger partial charge in [-0.2, -0.15) is 5.26 Å². The molecule has 0 aliphatic heterocycles. The van der Waals surface area contributed by atoms with Crippen LogP contribution in [0.25, 0.3) is 0 Å². The summed E-state index contributed by atoms with van der Waals surface area (Å²) in [6, 6.07) is 6.28. The number of benzene rings is 1. The maximum absolute atomic E-state index is 11.2. The zero-order valence-electron chi connectivity index (χ0n) is 8.03. The van der Waals surface area contributed by atoms with Crippen LogP contribution < -0.4 is 5.32 Å². The molecule has 0 heterocycles. The molecule has 1 aromatic carbocycles. The van der Waals surface area contributed by atoms with Gasteiger partial charge in [0.2, 0.25) is 5.91 Å². The lowest BCUT2D eigenvalue weighted by Crippen LogP contribution is -2.12. The van der Waals surface area contributed by atoms with Crippen molar-refractivity contribution in [2.75, 3.05) is 5.32 Å². The van der Waals surface area contributed by atoms with Crippen LogP contribution in [-0.2, 0) is 4.79 Å². The van der Waals surface area contributed by atoms with Gasteiger partial charge in [0.05, 0.1) is 20.9 Å². The van der Waals surface area contributed by atoms with Crippen molar-refractivity contribution in [1.29, 1.82) is 5.26 Å². The fraction of sp³-hybridized carbons (Fsp3) is 0.100. The summed E-state index contributed by atoms with van der Waals surface area (Å²) in [5.74, 6) is -1.51. The summed E-state index contributed by atoms with van der Waals surface area (Å²) in [4.78, 5) is 22.0. The zero-order chi connectivity index (χ0) is 12.1. The molecule has 0 aliphatic rings. The predicted molar refractivity (Wildman–Crippen MR) is 65.0 cm³/mol. The molecular weight excluding hydrogens is 323 g/mol. The van der Waals surface area contributed by atoms with Crippen molar-refractivity contribution in [1.82, 2.24) is 0 Å². The summed E-state index contributed by atoms with van der Waals surface area (Å²) >= 11 is 1.84. The highest BCUT2D eigenvalue weighted by Gasteiger charge is 2.12. The third kappa shape index (κ3) is 2.93. The number of carboxylic acid groups (broad SMARTS) is 1. The number of nitrogens with zero attached hydrogens (tertiary/aromatic N) is 1. The van der Waals surface area contributed by atoms with Crippen LogP contribution in [0.15, 0.2) is 18.2 Å². The van der Waals surface area contributed by atoms with Crippen LogP contribution in [0.1, 0.15) is 16.8 Å². The normalized spacial score (nSPS) is 9.25. The lowest BCUT2D eigenvalue weighted by molar-refractivity contribution is -0.115. The van der Waals surface area contributed by atoms with Crippen molar-refractivity contribution in [3.05, 3.63) is 27.3 Å². The first-order valence-electron chi connectivity index (χ1n) is 4.25. The first-order valence-corrected chi connectivity index (χ1v) is 5.32. The summed E-state index contributed by atoms with van der Waals surface area (Å²) in [7, 11) is 0. The van der Waals surface area contributed by atoms with Crippen LogP contribution in [0.4, 0.5) is 5.69 Å². The molecule has 0 bridgehead atoms.